The molecule has 0 aliphatic heterocycles. The van der Waals surface area contributed by atoms with E-state index in [1.165, 1.54) is 17.0 Å². The second-order valence-corrected chi connectivity index (χ2v) is 5.04. The molecular formula is C17H20N2O3. The van der Waals surface area contributed by atoms with Crippen LogP contribution in [0.2, 0.25) is 0 Å². The van der Waals surface area contributed by atoms with Crippen molar-refractivity contribution >= 4 is 11.7 Å². The third-order valence-electron chi connectivity index (χ3n) is 3.55. The molecule has 0 atom stereocenters. The molecule has 5 nitrogen and oxygen atoms in total. The highest BCUT2D eigenvalue weighted by Crippen LogP contribution is 2.20. The highest BCUT2D eigenvalue weighted by atomic mass is 16.5. The molecule has 0 heterocycles. The Balaban J connectivity index is 1.90. The minimum Gasteiger partial charge on any atom is -0.508 e. The number of urea groups is 1. The first kappa shape index (κ1) is 15.7. The second-order valence-electron chi connectivity index (χ2n) is 5.04. The van der Waals surface area contributed by atoms with Gasteiger partial charge in [-0.15, -0.1) is 0 Å². The number of aryl methyl sites for hydroxylation is 1. The minimum atomic E-state index is -0.281. The number of rotatable bonds is 4. The number of ether oxygens (including phenoxy) is 1. The van der Waals surface area contributed by atoms with Gasteiger partial charge in [0, 0.05) is 12.7 Å². The van der Waals surface area contributed by atoms with E-state index in [1.54, 1.807) is 19.2 Å². The van der Waals surface area contributed by atoms with E-state index < -0.39 is 0 Å². The van der Waals surface area contributed by atoms with Crippen molar-refractivity contribution in [3.8, 4) is 11.5 Å². The number of phenolic OH excluding ortho intramolecular Hbond substituents is 1. The SMILES string of the molecule is Cc1cccc(OCNC(=O)N(C)c2ccc(O)cc2)c1C. The maximum absolute atomic E-state index is 12.0. The Labute approximate surface area is 130 Å². The molecule has 0 spiro atoms. The lowest BCUT2D eigenvalue weighted by molar-refractivity contribution is 0.230. The molecule has 2 aromatic rings. The molecule has 0 aromatic heterocycles. The number of nitrogens with zero attached hydrogens (tertiary/aromatic N) is 1. The van der Waals surface area contributed by atoms with Gasteiger partial charge >= 0.3 is 6.03 Å². The molecule has 22 heavy (non-hydrogen) atoms. The van der Waals surface area contributed by atoms with Crippen molar-refractivity contribution in [2.24, 2.45) is 0 Å². The third kappa shape index (κ3) is 3.69. The van der Waals surface area contributed by atoms with Gasteiger partial charge in [0.05, 0.1) is 0 Å². The van der Waals surface area contributed by atoms with Crippen LogP contribution in [-0.2, 0) is 0 Å². The van der Waals surface area contributed by atoms with Gasteiger partial charge in [-0.3, -0.25) is 4.90 Å². The van der Waals surface area contributed by atoms with E-state index in [1.807, 2.05) is 32.0 Å². The summed E-state index contributed by atoms with van der Waals surface area (Å²) >= 11 is 0. The highest BCUT2D eigenvalue weighted by Gasteiger charge is 2.10. The number of nitrogens with one attached hydrogen (secondary N) is 1. The van der Waals surface area contributed by atoms with Crippen LogP contribution in [0.4, 0.5) is 10.5 Å². The van der Waals surface area contributed by atoms with Gasteiger partial charge in [-0.25, -0.2) is 4.79 Å². The van der Waals surface area contributed by atoms with E-state index >= 15 is 0 Å². The topological polar surface area (TPSA) is 61.8 Å². The first-order valence-electron chi connectivity index (χ1n) is 6.98. The van der Waals surface area contributed by atoms with Gasteiger partial charge in [-0.1, -0.05) is 12.1 Å². The lowest BCUT2D eigenvalue weighted by Crippen LogP contribution is -2.39. The van der Waals surface area contributed by atoms with Gasteiger partial charge in [0.2, 0.25) is 0 Å². The number of amides is 2. The smallest absolute Gasteiger partial charge is 0.324 e. The zero-order chi connectivity index (χ0) is 16.1. The predicted molar refractivity (Wildman–Crippen MR) is 86.5 cm³/mol. The molecule has 2 rings (SSSR count). The molecule has 0 aliphatic carbocycles. The molecule has 2 aromatic carbocycles. The summed E-state index contributed by atoms with van der Waals surface area (Å²) in [4.78, 5) is 13.5. The largest absolute Gasteiger partial charge is 0.508 e. The Morgan fingerprint density at radius 1 is 1.18 bits per heavy atom. The average molecular weight is 300 g/mol. The van der Waals surface area contributed by atoms with Crippen LogP contribution in [-0.4, -0.2) is 24.9 Å². The number of aromatic hydroxyl groups is 1. The zero-order valence-corrected chi connectivity index (χ0v) is 13.0. The van der Waals surface area contributed by atoms with E-state index in [-0.39, 0.29) is 18.5 Å². The molecule has 2 amide bonds. The van der Waals surface area contributed by atoms with Gasteiger partial charge < -0.3 is 15.2 Å². The zero-order valence-electron chi connectivity index (χ0n) is 13.0. The number of carbonyl (C=O) groups excluding carboxylic acids is 1. The summed E-state index contributed by atoms with van der Waals surface area (Å²) in [6.45, 7) is 4.08. The Kier molecular flexibility index (Phi) is 4.88. The van der Waals surface area contributed by atoms with Gasteiger partial charge in [0.1, 0.15) is 11.5 Å². The van der Waals surface area contributed by atoms with Crippen LogP contribution in [0.5, 0.6) is 11.5 Å². The Morgan fingerprint density at radius 3 is 2.55 bits per heavy atom. The minimum absolute atomic E-state index is 0.0888. The van der Waals surface area contributed by atoms with E-state index in [9.17, 15) is 9.90 Å². The summed E-state index contributed by atoms with van der Waals surface area (Å²) in [6, 6.07) is 11.9. The molecule has 0 unspecified atom stereocenters. The number of benzene rings is 2. The van der Waals surface area contributed by atoms with Crippen molar-refractivity contribution in [2.45, 2.75) is 13.8 Å². The van der Waals surface area contributed by atoms with Crippen LogP contribution in [0.3, 0.4) is 0 Å². The molecule has 2 N–H and O–H groups in total. The van der Waals surface area contributed by atoms with Crippen LogP contribution in [0.25, 0.3) is 0 Å². The number of hydrogen-bond donors (Lipinski definition) is 2. The quantitative estimate of drug-likeness (QED) is 0.852. The third-order valence-corrected chi connectivity index (χ3v) is 3.55. The second kappa shape index (κ2) is 6.85. The van der Waals surface area contributed by atoms with Gasteiger partial charge in [-0.2, -0.15) is 0 Å². The van der Waals surface area contributed by atoms with Crippen LogP contribution in [0, 0.1) is 13.8 Å². The molecule has 116 valence electrons. The molecule has 0 fully saturated rings. The van der Waals surface area contributed by atoms with Gasteiger partial charge in [0.15, 0.2) is 6.73 Å². The Morgan fingerprint density at radius 2 is 1.86 bits per heavy atom. The van der Waals surface area contributed by atoms with E-state index in [4.69, 9.17) is 4.74 Å². The molecule has 0 saturated heterocycles. The fraction of sp³-hybridized carbons (Fsp3) is 0.235. The summed E-state index contributed by atoms with van der Waals surface area (Å²) in [7, 11) is 1.65. The maximum atomic E-state index is 12.0. The normalized spacial score (nSPS) is 10.1. The monoisotopic (exact) mass is 300 g/mol. The maximum Gasteiger partial charge on any atom is 0.324 e. The molecule has 0 radical (unpaired) electrons. The van der Waals surface area contributed by atoms with Crippen molar-refractivity contribution in [2.75, 3.05) is 18.7 Å². The van der Waals surface area contributed by atoms with Crippen LogP contribution in [0.15, 0.2) is 42.5 Å². The van der Waals surface area contributed by atoms with Crippen molar-refractivity contribution in [1.29, 1.82) is 0 Å². The number of hydrogen-bond acceptors (Lipinski definition) is 3. The Hall–Kier alpha value is -2.69. The predicted octanol–water partition coefficient (Wildman–Crippen LogP) is 3.19. The lowest BCUT2D eigenvalue weighted by Gasteiger charge is -2.19. The van der Waals surface area contributed by atoms with Crippen molar-refractivity contribution in [3.63, 3.8) is 0 Å². The highest BCUT2D eigenvalue weighted by molar-refractivity contribution is 5.91. The van der Waals surface area contributed by atoms with Crippen LogP contribution < -0.4 is 15.0 Å². The van der Waals surface area contributed by atoms with Gasteiger partial charge in [-0.05, 0) is 55.3 Å². The fourth-order valence-corrected chi connectivity index (χ4v) is 1.97. The molecular weight excluding hydrogens is 280 g/mol. The van der Waals surface area contributed by atoms with Crippen molar-refractivity contribution in [1.82, 2.24) is 5.32 Å². The first-order chi connectivity index (χ1) is 10.5. The number of phenols is 1. The summed E-state index contributed by atoms with van der Waals surface area (Å²) in [5.74, 6) is 0.920. The Bertz CT molecular complexity index is 653. The summed E-state index contributed by atoms with van der Waals surface area (Å²) in [5.41, 5.74) is 2.88. The fourth-order valence-electron chi connectivity index (χ4n) is 1.97. The number of carbonyl (C=O) groups is 1. The van der Waals surface area contributed by atoms with Gasteiger partial charge in [0.25, 0.3) is 0 Å². The average Bonchev–Trinajstić information content (AvgIpc) is 2.51. The van der Waals surface area contributed by atoms with Crippen LogP contribution in [0.1, 0.15) is 11.1 Å². The number of anilines is 1. The first-order valence-corrected chi connectivity index (χ1v) is 6.98. The lowest BCUT2D eigenvalue weighted by atomic mass is 10.1. The molecule has 5 heteroatoms. The summed E-state index contributed by atoms with van der Waals surface area (Å²) in [6.07, 6.45) is 0. The van der Waals surface area contributed by atoms with E-state index in [0.29, 0.717) is 5.69 Å². The van der Waals surface area contributed by atoms with E-state index in [2.05, 4.69) is 5.32 Å². The summed E-state index contributed by atoms with van der Waals surface area (Å²) in [5, 5.41) is 11.9. The van der Waals surface area contributed by atoms with Crippen molar-refractivity contribution < 1.29 is 14.6 Å². The van der Waals surface area contributed by atoms with Crippen molar-refractivity contribution in [3.05, 3.63) is 53.6 Å². The summed E-state index contributed by atoms with van der Waals surface area (Å²) < 4.78 is 5.59. The standard InChI is InChI=1S/C17H20N2O3/c1-12-5-4-6-16(13(12)2)22-11-18-17(21)19(3)14-7-9-15(20)10-8-14/h4-10,20H,11H2,1-3H3,(H,18,21). The molecule has 0 aliphatic rings. The molecule has 0 saturated carbocycles. The molecule has 0 bridgehead atoms. The van der Waals surface area contributed by atoms with Crippen LogP contribution >= 0.6 is 0 Å². The van der Waals surface area contributed by atoms with E-state index in [0.717, 1.165) is 16.9 Å².